The Balaban J connectivity index is 1.78. The lowest BCUT2D eigenvalue weighted by molar-refractivity contribution is -0.385. The molecule has 1 unspecified atom stereocenters. The van der Waals surface area contributed by atoms with Gasteiger partial charge < -0.3 is 15.4 Å². The fourth-order valence-corrected chi connectivity index (χ4v) is 3.35. The van der Waals surface area contributed by atoms with E-state index in [9.17, 15) is 14.5 Å². The van der Waals surface area contributed by atoms with Crippen LogP contribution in [0, 0.1) is 27.8 Å². The third-order valence-corrected chi connectivity index (χ3v) is 5.07. The van der Waals surface area contributed by atoms with E-state index in [-0.39, 0.29) is 27.8 Å². The van der Waals surface area contributed by atoms with E-state index in [0.717, 1.165) is 6.54 Å². The van der Waals surface area contributed by atoms with Crippen molar-refractivity contribution in [3.05, 3.63) is 63.2 Å². The number of nitrogens with zero attached hydrogens (tertiary/aromatic N) is 3. The van der Waals surface area contributed by atoms with Crippen LogP contribution in [0.2, 0.25) is 5.02 Å². The second-order valence-corrected chi connectivity index (χ2v) is 7.51. The van der Waals surface area contributed by atoms with Crippen molar-refractivity contribution in [1.29, 1.82) is 0 Å². The molecule has 0 amide bonds. The van der Waals surface area contributed by atoms with Crippen molar-refractivity contribution in [3.8, 4) is 11.8 Å². The van der Waals surface area contributed by atoms with Gasteiger partial charge in [-0.2, -0.15) is 0 Å². The maximum absolute atomic E-state index is 14.3. The smallest absolute Gasteiger partial charge is 0.285 e. The molecule has 10 heteroatoms. The number of hydrogen-bond acceptors (Lipinski definition) is 7. The zero-order valence-electron chi connectivity index (χ0n) is 16.4. The zero-order chi connectivity index (χ0) is 22.0. The molecule has 3 aromatic rings. The van der Waals surface area contributed by atoms with Gasteiger partial charge in [-0.25, -0.2) is 14.4 Å². The van der Waals surface area contributed by atoms with E-state index < -0.39 is 16.3 Å². The monoisotopic (exact) mass is 441 g/mol. The molecule has 0 saturated carbocycles. The van der Waals surface area contributed by atoms with E-state index in [0.29, 0.717) is 24.1 Å². The highest BCUT2D eigenvalue weighted by Crippen LogP contribution is 2.31. The number of rotatable bonds is 3. The van der Waals surface area contributed by atoms with Gasteiger partial charge in [0.05, 0.1) is 27.8 Å². The minimum atomic E-state index is -0.746. The van der Waals surface area contributed by atoms with E-state index in [1.165, 1.54) is 30.6 Å². The Labute approximate surface area is 181 Å². The summed E-state index contributed by atoms with van der Waals surface area (Å²) in [4.78, 5) is 19.5. The molecule has 0 radical (unpaired) electrons. The van der Waals surface area contributed by atoms with Crippen molar-refractivity contribution in [2.45, 2.75) is 12.5 Å². The van der Waals surface area contributed by atoms with E-state index in [1.807, 2.05) is 6.92 Å². The van der Waals surface area contributed by atoms with Gasteiger partial charge in [-0.1, -0.05) is 29.5 Å². The van der Waals surface area contributed by atoms with Crippen LogP contribution in [0.1, 0.15) is 12.5 Å². The molecule has 1 aliphatic heterocycles. The van der Waals surface area contributed by atoms with Crippen LogP contribution in [0.25, 0.3) is 10.9 Å². The third-order valence-electron chi connectivity index (χ3n) is 4.78. The van der Waals surface area contributed by atoms with E-state index in [4.69, 9.17) is 16.3 Å². The first-order valence-electron chi connectivity index (χ1n) is 9.38. The van der Waals surface area contributed by atoms with Gasteiger partial charge in [0.15, 0.2) is 5.82 Å². The molecule has 1 saturated heterocycles. The summed E-state index contributed by atoms with van der Waals surface area (Å²) in [5, 5.41) is 18.0. The van der Waals surface area contributed by atoms with Crippen molar-refractivity contribution in [2.24, 2.45) is 0 Å². The molecule has 8 nitrogen and oxygen atoms in total. The first-order chi connectivity index (χ1) is 14.9. The Hall–Kier alpha value is -3.32. The van der Waals surface area contributed by atoms with Crippen LogP contribution in [0.4, 0.5) is 21.6 Å². The number of nitro groups is 1. The average Bonchev–Trinajstić information content (AvgIpc) is 2.75. The molecule has 1 atom stereocenters. The van der Waals surface area contributed by atoms with E-state index in [2.05, 4.69) is 32.4 Å². The topological polar surface area (TPSA) is 102 Å². The SMILES string of the molecule is CC1(C#Cc2cc3ncnc(Nc4cccc(Cl)c4F)c3cc2[N+](=O)[O-])CNCCO1. The lowest BCUT2D eigenvalue weighted by atomic mass is 10.0. The minimum absolute atomic E-state index is 0.0557. The van der Waals surface area contributed by atoms with Crippen molar-refractivity contribution in [1.82, 2.24) is 15.3 Å². The number of fused-ring (bicyclic) bond motifs is 1. The Kier molecular flexibility index (Phi) is 5.69. The highest BCUT2D eigenvalue weighted by atomic mass is 35.5. The molecule has 4 rings (SSSR count). The molecular weight excluding hydrogens is 425 g/mol. The molecular formula is C21H17ClFN5O3. The maximum atomic E-state index is 14.3. The highest BCUT2D eigenvalue weighted by molar-refractivity contribution is 6.31. The number of ether oxygens (including phenoxy) is 1. The van der Waals surface area contributed by atoms with Gasteiger partial charge >= 0.3 is 0 Å². The van der Waals surface area contributed by atoms with Crippen molar-refractivity contribution < 1.29 is 14.1 Å². The standard InChI is InChI=1S/C21H17ClFN5O3/c1-21(11-24-7-8-31-21)6-5-13-9-17-14(10-18(13)28(29)30)20(26-12-25-17)27-16-4-2-3-15(22)19(16)23/h2-4,9-10,12,24H,7-8,11H2,1H3,(H,25,26,27). The van der Waals surface area contributed by atoms with Crippen LogP contribution in [0.5, 0.6) is 0 Å². The number of aromatic nitrogens is 2. The van der Waals surface area contributed by atoms with E-state index in [1.54, 1.807) is 6.07 Å². The van der Waals surface area contributed by atoms with Crippen LogP contribution in [0.15, 0.2) is 36.7 Å². The summed E-state index contributed by atoms with van der Waals surface area (Å²) in [6.45, 7) is 3.58. The van der Waals surface area contributed by atoms with Crippen molar-refractivity contribution >= 4 is 39.7 Å². The van der Waals surface area contributed by atoms with Gasteiger partial charge in [-0.05, 0) is 25.1 Å². The minimum Gasteiger partial charge on any atom is -0.360 e. The van der Waals surface area contributed by atoms with Crippen LogP contribution in [-0.2, 0) is 4.74 Å². The fraction of sp³-hybridized carbons (Fsp3) is 0.238. The summed E-state index contributed by atoms with van der Waals surface area (Å²) >= 11 is 5.83. The second kappa shape index (κ2) is 8.43. The van der Waals surface area contributed by atoms with Crippen LogP contribution >= 0.6 is 11.6 Å². The molecule has 1 aromatic heterocycles. The Morgan fingerprint density at radius 2 is 2.23 bits per heavy atom. The van der Waals surface area contributed by atoms with Gasteiger partial charge in [0.25, 0.3) is 5.69 Å². The lowest BCUT2D eigenvalue weighted by Crippen LogP contribution is -2.46. The zero-order valence-corrected chi connectivity index (χ0v) is 17.2. The van der Waals surface area contributed by atoms with Crippen molar-refractivity contribution in [3.63, 3.8) is 0 Å². The van der Waals surface area contributed by atoms with Gasteiger partial charge in [0.1, 0.15) is 23.3 Å². The quantitative estimate of drug-likeness (QED) is 0.362. The number of benzene rings is 2. The predicted octanol–water partition coefficient (Wildman–Crippen LogP) is 3.80. The molecule has 0 spiro atoms. The highest BCUT2D eigenvalue weighted by Gasteiger charge is 2.25. The molecule has 2 N–H and O–H groups in total. The molecule has 158 valence electrons. The van der Waals surface area contributed by atoms with Gasteiger partial charge in [-0.3, -0.25) is 10.1 Å². The molecule has 2 heterocycles. The van der Waals surface area contributed by atoms with Gasteiger partial charge in [-0.15, -0.1) is 0 Å². The number of halogens is 2. The average molecular weight is 442 g/mol. The Bertz CT molecular complexity index is 1230. The summed E-state index contributed by atoms with van der Waals surface area (Å²) in [5.74, 6) is 5.41. The number of anilines is 2. The molecule has 0 bridgehead atoms. The Morgan fingerprint density at radius 1 is 1.39 bits per heavy atom. The normalized spacial score (nSPS) is 18.3. The maximum Gasteiger partial charge on any atom is 0.285 e. The summed E-state index contributed by atoms with van der Waals surface area (Å²) in [6.07, 6.45) is 1.28. The van der Waals surface area contributed by atoms with Gasteiger partial charge in [0.2, 0.25) is 0 Å². The summed E-state index contributed by atoms with van der Waals surface area (Å²) < 4.78 is 20.0. The molecule has 31 heavy (non-hydrogen) atoms. The Morgan fingerprint density at radius 3 is 2.97 bits per heavy atom. The van der Waals surface area contributed by atoms with Crippen LogP contribution in [-0.4, -0.2) is 40.2 Å². The predicted molar refractivity (Wildman–Crippen MR) is 115 cm³/mol. The first-order valence-corrected chi connectivity index (χ1v) is 9.76. The van der Waals surface area contributed by atoms with Crippen LogP contribution in [0.3, 0.4) is 0 Å². The lowest BCUT2D eigenvalue weighted by Gasteiger charge is -2.29. The number of nitro benzene ring substituents is 1. The number of hydrogen-bond donors (Lipinski definition) is 2. The van der Waals surface area contributed by atoms with Gasteiger partial charge in [0, 0.05) is 24.5 Å². The second-order valence-electron chi connectivity index (χ2n) is 7.10. The van der Waals surface area contributed by atoms with Crippen molar-refractivity contribution in [2.75, 3.05) is 25.0 Å². The summed E-state index contributed by atoms with van der Waals surface area (Å²) in [7, 11) is 0. The number of morpholine rings is 1. The molecule has 0 aliphatic carbocycles. The summed E-state index contributed by atoms with van der Waals surface area (Å²) in [5.41, 5.74) is -0.247. The molecule has 2 aromatic carbocycles. The largest absolute Gasteiger partial charge is 0.360 e. The summed E-state index contributed by atoms with van der Waals surface area (Å²) in [6, 6.07) is 7.33. The fourth-order valence-electron chi connectivity index (χ4n) is 3.18. The van der Waals surface area contributed by atoms with Crippen LogP contribution < -0.4 is 10.6 Å². The molecule has 1 fully saturated rings. The third kappa shape index (κ3) is 4.41. The van der Waals surface area contributed by atoms with E-state index >= 15 is 0 Å². The first kappa shape index (κ1) is 20.9. The molecule has 1 aliphatic rings. The number of nitrogens with one attached hydrogen (secondary N) is 2.